The van der Waals surface area contributed by atoms with Crippen molar-refractivity contribution in [2.24, 2.45) is 0 Å². The quantitative estimate of drug-likeness (QED) is 0.771. The summed E-state index contributed by atoms with van der Waals surface area (Å²) < 4.78 is 1.31. The average Bonchev–Trinajstić information content (AvgIpc) is 3.12. The second kappa shape index (κ2) is 5.27. The van der Waals surface area contributed by atoms with Crippen molar-refractivity contribution in [3.8, 4) is 0 Å². The summed E-state index contributed by atoms with van der Waals surface area (Å²) in [5.41, 5.74) is 6.64. The molecule has 2 aromatic heterocycles. The number of piperidine rings is 1. The van der Waals surface area contributed by atoms with Crippen LogP contribution in [0, 0.1) is 0 Å². The van der Waals surface area contributed by atoms with Crippen LogP contribution in [0.2, 0.25) is 0 Å². The molecule has 1 atom stereocenters. The summed E-state index contributed by atoms with van der Waals surface area (Å²) in [6.45, 7) is 1.52. The monoisotopic (exact) mass is 276 g/mol. The molecule has 9 heteroatoms. The third-order valence-corrected chi connectivity index (χ3v) is 3.58. The van der Waals surface area contributed by atoms with Crippen LogP contribution in [0.5, 0.6) is 0 Å². The maximum atomic E-state index is 12.3. The van der Waals surface area contributed by atoms with Gasteiger partial charge in [-0.2, -0.15) is 5.10 Å². The van der Waals surface area contributed by atoms with Crippen molar-refractivity contribution in [1.82, 2.24) is 35.3 Å². The van der Waals surface area contributed by atoms with Crippen LogP contribution in [0.4, 0.5) is 5.95 Å². The van der Waals surface area contributed by atoms with Gasteiger partial charge in [-0.25, -0.2) is 4.68 Å². The Morgan fingerprint density at radius 1 is 1.55 bits per heavy atom. The summed E-state index contributed by atoms with van der Waals surface area (Å²) >= 11 is 0. The van der Waals surface area contributed by atoms with Gasteiger partial charge in [0.2, 0.25) is 11.9 Å². The highest BCUT2D eigenvalue weighted by Crippen LogP contribution is 2.25. The number of anilines is 1. The number of hydrogen-bond donors (Lipinski definition) is 2. The lowest BCUT2D eigenvalue weighted by molar-refractivity contribution is -0.133. The minimum atomic E-state index is -0.0202. The van der Waals surface area contributed by atoms with Crippen LogP contribution in [0.25, 0.3) is 0 Å². The SMILES string of the molecule is Nc1nnnn1CC(=O)N1CCCC(c2ccn[nH]2)C1. The lowest BCUT2D eigenvalue weighted by atomic mass is 9.95. The number of likely N-dealkylation sites (tertiary alicyclic amines) is 1. The first-order valence-corrected chi connectivity index (χ1v) is 6.52. The second-order valence-electron chi connectivity index (χ2n) is 4.89. The van der Waals surface area contributed by atoms with E-state index in [0.717, 1.165) is 25.1 Å². The van der Waals surface area contributed by atoms with E-state index in [9.17, 15) is 4.79 Å². The van der Waals surface area contributed by atoms with E-state index in [-0.39, 0.29) is 18.4 Å². The summed E-state index contributed by atoms with van der Waals surface area (Å²) in [5, 5.41) is 17.6. The van der Waals surface area contributed by atoms with Gasteiger partial charge in [0.25, 0.3) is 0 Å². The van der Waals surface area contributed by atoms with Crippen LogP contribution in [-0.2, 0) is 11.3 Å². The number of carbonyl (C=O) groups excluding carboxylic acids is 1. The van der Waals surface area contributed by atoms with Crippen LogP contribution in [0.1, 0.15) is 24.5 Å². The molecular formula is C11H16N8O. The number of rotatable bonds is 3. The highest BCUT2D eigenvalue weighted by molar-refractivity contribution is 5.76. The number of aromatic nitrogens is 6. The van der Waals surface area contributed by atoms with Gasteiger partial charge >= 0.3 is 0 Å². The van der Waals surface area contributed by atoms with Gasteiger partial charge in [0.15, 0.2) is 0 Å². The zero-order chi connectivity index (χ0) is 13.9. The normalized spacial score (nSPS) is 19.2. The predicted molar refractivity (Wildman–Crippen MR) is 69.4 cm³/mol. The molecule has 0 radical (unpaired) electrons. The van der Waals surface area contributed by atoms with Crippen molar-refractivity contribution in [3.05, 3.63) is 18.0 Å². The number of tetrazole rings is 1. The summed E-state index contributed by atoms with van der Waals surface area (Å²) in [5.74, 6) is 0.440. The molecule has 0 aliphatic carbocycles. The Bertz CT molecular complexity index is 577. The Morgan fingerprint density at radius 2 is 2.45 bits per heavy atom. The number of amides is 1. The molecule has 106 valence electrons. The largest absolute Gasteiger partial charge is 0.367 e. The fourth-order valence-corrected chi connectivity index (χ4v) is 2.50. The molecule has 0 aromatic carbocycles. The van der Waals surface area contributed by atoms with Crippen molar-refractivity contribution in [1.29, 1.82) is 0 Å². The van der Waals surface area contributed by atoms with Gasteiger partial charge in [-0.1, -0.05) is 5.10 Å². The summed E-state index contributed by atoms with van der Waals surface area (Å²) in [6.07, 6.45) is 3.76. The number of carbonyl (C=O) groups is 1. The van der Waals surface area contributed by atoms with Gasteiger partial charge in [-0.05, 0) is 29.3 Å². The Kier molecular flexibility index (Phi) is 3.32. The molecule has 1 amide bonds. The maximum absolute atomic E-state index is 12.3. The fraction of sp³-hybridized carbons (Fsp3) is 0.545. The Hall–Kier alpha value is -2.45. The van der Waals surface area contributed by atoms with Gasteiger partial charge in [-0.15, -0.1) is 0 Å². The molecule has 3 rings (SSSR count). The molecule has 0 saturated carbocycles. The molecule has 9 nitrogen and oxygen atoms in total. The third kappa shape index (κ3) is 2.46. The number of hydrogen-bond acceptors (Lipinski definition) is 6. The molecule has 0 spiro atoms. The fourth-order valence-electron chi connectivity index (χ4n) is 2.50. The minimum Gasteiger partial charge on any atom is -0.367 e. The molecule has 1 fully saturated rings. The van der Waals surface area contributed by atoms with Crippen LogP contribution in [0.15, 0.2) is 12.3 Å². The van der Waals surface area contributed by atoms with Gasteiger partial charge < -0.3 is 10.6 Å². The molecule has 1 unspecified atom stereocenters. The molecule has 20 heavy (non-hydrogen) atoms. The Balaban J connectivity index is 1.65. The van der Waals surface area contributed by atoms with E-state index in [2.05, 4.69) is 25.7 Å². The van der Waals surface area contributed by atoms with E-state index in [1.165, 1.54) is 4.68 Å². The van der Waals surface area contributed by atoms with Gasteiger partial charge in [0.05, 0.1) is 0 Å². The van der Waals surface area contributed by atoms with E-state index in [4.69, 9.17) is 5.73 Å². The Labute approximate surface area is 115 Å². The number of nitrogen functional groups attached to an aromatic ring is 1. The number of H-pyrrole nitrogens is 1. The van der Waals surface area contributed by atoms with Crippen molar-refractivity contribution >= 4 is 11.9 Å². The molecule has 2 aromatic rings. The molecule has 3 heterocycles. The molecule has 1 saturated heterocycles. The second-order valence-corrected chi connectivity index (χ2v) is 4.89. The smallest absolute Gasteiger partial charge is 0.244 e. The van der Waals surface area contributed by atoms with E-state index in [1.54, 1.807) is 6.20 Å². The van der Waals surface area contributed by atoms with Crippen molar-refractivity contribution in [3.63, 3.8) is 0 Å². The number of aromatic amines is 1. The summed E-state index contributed by atoms with van der Waals surface area (Å²) in [6, 6.07) is 1.96. The van der Waals surface area contributed by atoms with E-state index in [1.807, 2.05) is 11.0 Å². The molecule has 3 N–H and O–H groups in total. The number of nitrogens with zero attached hydrogens (tertiary/aromatic N) is 6. The van der Waals surface area contributed by atoms with Crippen molar-refractivity contribution in [2.45, 2.75) is 25.3 Å². The molecule has 1 aliphatic heterocycles. The van der Waals surface area contributed by atoms with E-state index in [0.29, 0.717) is 12.5 Å². The van der Waals surface area contributed by atoms with E-state index >= 15 is 0 Å². The number of nitrogens with one attached hydrogen (secondary N) is 1. The van der Waals surface area contributed by atoms with Crippen molar-refractivity contribution in [2.75, 3.05) is 18.8 Å². The standard InChI is InChI=1S/C11H16N8O/c12-11-15-16-17-19(11)7-10(20)18-5-1-2-8(6-18)9-3-4-13-14-9/h3-4,8H,1-2,5-7H2,(H,13,14)(H2,12,15,17). The first-order chi connectivity index (χ1) is 9.74. The maximum Gasteiger partial charge on any atom is 0.244 e. The summed E-state index contributed by atoms with van der Waals surface area (Å²) in [4.78, 5) is 14.1. The van der Waals surface area contributed by atoms with Gasteiger partial charge in [0.1, 0.15) is 6.54 Å². The topological polar surface area (TPSA) is 119 Å². The highest BCUT2D eigenvalue weighted by atomic mass is 16.2. The molecular weight excluding hydrogens is 260 g/mol. The summed E-state index contributed by atoms with van der Waals surface area (Å²) in [7, 11) is 0. The van der Waals surface area contributed by atoms with Crippen LogP contribution in [-0.4, -0.2) is 54.3 Å². The zero-order valence-electron chi connectivity index (χ0n) is 10.9. The first-order valence-electron chi connectivity index (χ1n) is 6.52. The lowest BCUT2D eigenvalue weighted by Crippen LogP contribution is -2.41. The Morgan fingerprint density at radius 3 is 3.15 bits per heavy atom. The average molecular weight is 276 g/mol. The van der Waals surface area contributed by atoms with Gasteiger partial charge in [-0.3, -0.25) is 9.89 Å². The minimum absolute atomic E-state index is 0.0202. The first kappa shape index (κ1) is 12.6. The zero-order valence-corrected chi connectivity index (χ0v) is 10.9. The van der Waals surface area contributed by atoms with Crippen LogP contribution >= 0.6 is 0 Å². The highest BCUT2D eigenvalue weighted by Gasteiger charge is 2.26. The van der Waals surface area contributed by atoms with Crippen molar-refractivity contribution < 1.29 is 4.79 Å². The van der Waals surface area contributed by atoms with Crippen LogP contribution in [0.3, 0.4) is 0 Å². The lowest BCUT2D eigenvalue weighted by Gasteiger charge is -2.32. The predicted octanol–water partition coefficient (Wildman–Crippen LogP) is -0.615. The third-order valence-electron chi connectivity index (χ3n) is 3.58. The molecule has 1 aliphatic rings. The number of nitrogens with two attached hydrogens (primary N) is 1. The molecule has 0 bridgehead atoms. The van der Waals surface area contributed by atoms with E-state index < -0.39 is 0 Å². The van der Waals surface area contributed by atoms with Crippen LogP contribution < -0.4 is 5.73 Å². The van der Waals surface area contributed by atoms with Gasteiger partial charge in [0, 0.05) is 30.9 Å².